The fraction of sp³-hybridized carbons (Fsp3) is 0.222. The molecule has 0 aromatic heterocycles. The van der Waals surface area contributed by atoms with Crippen LogP contribution in [0.2, 0.25) is 0 Å². The Morgan fingerprint density at radius 3 is 1.36 bits per heavy atom. The molecule has 0 fully saturated rings. The molecule has 2 rings (SSSR count). The number of carbonyl (C=O) groups excluding carboxylic acids is 2. The third-order valence-electron chi connectivity index (χ3n) is 3.80. The van der Waals surface area contributed by atoms with E-state index in [1.165, 1.54) is 0 Å². The second kappa shape index (κ2) is 6.44. The third-order valence-corrected chi connectivity index (χ3v) is 12.9. The molecule has 0 radical (unpaired) electrons. The van der Waals surface area contributed by atoms with E-state index in [1.54, 1.807) is 13.8 Å². The average molecular weight is 379 g/mol. The molecule has 2 aromatic carbocycles. The van der Waals surface area contributed by atoms with Gasteiger partial charge in [0.2, 0.25) is 0 Å². The van der Waals surface area contributed by atoms with Crippen molar-refractivity contribution >= 4 is 43.0 Å². The average Bonchev–Trinajstić information content (AvgIpc) is 2.48. The molecule has 0 saturated heterocycles. The van der Waals surface area contributed by atoms with Crippen LogP contribution < -0.4 is 10.6 Å². The second-order valence-electron chi connectivity index (χ2n) is 5.77. The summed E-state index contributed by atoms with van der Waals surface area (Å²) in [6.07, 6.45) is 0.693. The summed E-state index contributed by atoms with van der Waals surface area (Å²) in [6.45, 7) is 3.18. The number of carbonyl (C=O) groups is 2. The number of hydrogen-bond acceptors (Lipinski definition) is 2. The minimum absolute atomic E-state index is 0.0866. The maximum absolute atomic E-state index is 12.1. The summed E-state index contributed by atoms with van der Waals surface area (Å²) < 4.78 is 0. The first kappa shape index (κ1) is 17.1. The van der Waals surface area contributed by atoms with Crippen molar-refractivity contribution in [3.8, 4) is 0 Å². The van der Waals surface area contributed by atoms with E-state index in [9.17, 15) is 9.59 Å². The van der Waals surface area contributed by atoms with Crippen LogP contribution >= 0.6 is 20.8 Å². The maximum atomic E-state index is 12.1. The second-order valence-corrected chi connectivity index (χ2v) is 15.3. The van der Waals surface area contributed by atoms with Crippen LogP contribution in [0.3, 0.4) is 0 Å². The van der Waals surface area contributed by atoms with Crippen LogP contribution in [-0.2, 0) is 9.59 Å². The monoisotopic (exact) mass is 378 g/mol. The zero-order valence-corrected chi connectivity index (χ0v) is 15.3. The number of Topliss-reactive ketones (excluding diaryl/α,β-unsaturated/α-hetero) is 2. The van der Waals surface area contributed by atoms with Crippen LogP contribution in [0.5, 0.6) is 0 Å². The van der Waals surface area contributed by atoms with Gasteiger partial charge in [0.15, 0.2) is 0 Å². The summed E-state index contributed by atoms with van der Waals surface area (Å²) in [7, 11) is 0. The normalized spacial score (nSPS) is 13.1. The van der Waals surface area contributed by atoms with Gasteiger partial charge >= 0.3 is 139 Å². The fourth-order valence-corrected chi connectivity index (χ4v) is 11.3. The van der Waals surface area contributed by atoms with Gasteiger partial charge in [0, 0.05) is 0 Å². The van der Waals surface area contributed by atoms with Crippen molar-refractivity contribution in [1.82, 2.24) is 0 Å². The van der Waals surface area contributed by atoms with E-state index in [-0.39, 0.29) is 11.6 Å². The van der Waals surface area contributed by atoms with E-state index in [4.69, 9.17) is 0 Å². The van der Waals surface area contributed by atoms with E-state index in [0.717, 1.165) is 10.6 Å². The summed E-state index contributed by atoms with van der Waals surface area (Å²) in [5, 5.41) is -0.969. The summed E-state index contributed by atoms with van der Waals surface area (Å²) in [4.78, 5) is 24.2. The molecule has 2 nitrogen and oxygen atoms in total. The molecule has 2 aromatic rings. The van der Waals surface area contributed by atoms with Crippen molar-refractivity contribution < 1.29 is 9.59 Å². The van der Waals surface area contributed by atoms with Gasteiger partial charge in [0.05, 0.1) is 0 Å². The molecule has 0 unspecified atom stereocenters. The molecule has 0 amide bonds. The quantitative estimate of drug-likeness (QED) is 0.718. The van der Waals surface area contributed by atoms with E-state index in [1.807, 2.05) is 60.7 Å². The predicted molar refractivity (Wildman–Crippen MR) is 99.1 cm³/mol. The first-order chi connectivity index (χ1) is 10.4. The van der Waals surface area contributed by atoms with Crippen molar-refractivity contribution in [3.05, 3.63) is 60.7 Å². The number of hydrogen-bond donors (Lipinski definition) is 0. The van der Waals surface area contributed by atoms with Crippen molar-refractivity contribution in [2.24, 2.45) is 0 Å². The molecule has 22 heavy (non-hydrogen) atoms. The van der Waals surface area contributed by atoms with Gasteiger partial charge in [-0.05, 0) is 0 Å². The van der Waals surface area contributed by atoms with E-state index in [2.05, 4.69) is 15.5 Å². The third kappa shape index (κ3) is 3.21. The summed E-state index contributed by atoms with van der Waals surface area (Å²) in [6, 6.07) is 19.8. The summed E-state index contributed by atoms with van der Waals surface area (Å²) >= 11 is 4.00. The van der Waals surface area contributed by atoms with Gasteiger partial charge in [-0.15, -0.1) is 0 Å². The first-order valence-electron chi connectivity index (χ1n) is 7.19. The van der Waals surface area contributed by atoms with Crippen molar-refractivity contribution in [3.63, 3.8) is 0 Å². The van der Waals surface area contributed by atoms with Crippen LogP contribution in [0.25, 0.3) is 0 Å². The van der Waals surface area contributed by atoms with Gasteiger partial charge in [0.1, 0.15) is 0 Å². The van der Waals surface area contributed by atoms with Gasteiger partial charge < -0.3 is 0 Å². The Kier molecular flexibility index (Phi) is 4.99. The number of benzene rings is 2. The number of halogens is 1. The van der Waals surface area contributed by atoms with Crippen molar-refractivity contribution in [2.75, 3.05) is 12.3 Å². The van der Waals surface area contributed by atoms with Crippen molar-refractivity contribution in [1.29, 1.82) is 0 Å². The molecule has 116 valence electrons. The number of rotatable bonds is 6. The first-order valence-corrected chi connectivity index (χ1v) is 11.8. The van der Waals surface area contributed by atoms with E-state index in [0.29, 0.717) is 12.3 Å². The van der Waals surface area contributed by atoms with Crippen LogP contribution in [0.4, 0.5) is 0 Å². The van der Waals surface area contributed by atoms with Gasteiger partial charge in [-0.1, -0.05) is 0 Å². The molecular weight excluding hydrogens is 359 g/mol. The van der Waals surface area contributed by atoms with Gasteiger partial charge in [-0.2, -0.15) is 0 Å². The van der Waals surface area contributed by atoms with E-state index < -0.39 is 5.31 Å². The zero-order chi connectivity index (χ0) is 16.2. The molecule has 0 aliphatic carbocycles. The fourth-order valence-electron chi connectivity index (χ4n) is 3.04. The Bertz CT molecular complexity index is 623. The summed E-state index contributed by atoms with van der Waals surface area (Å²) in [5.41, 5.74) is 0. The molecule has 0 spiro atoms. The molecule has 0 bridgehead atoms. The van der Waals surface area contributed by atoms with Crippen LogP contribution in [0.15, 0.2) is 60.7 Å². The predicted octanol–water partition coefficient (Wildman–Crippen LogP) is 3.68. The standard InChI is InChI=1S/C18H20BrO2P/c1-15(20)13-22(19,14-16(2)21,17-9-5-3-6-10-17)18-11-7-4-8-12-18/h3-12H,13-14H2,1-2H3. The van der Waals surface area contributed by atoms with Gasteiger partial charge in [-0.3, -0.25) is 0 Å². The Hall–Kier alpha value is -1.31. The van der Waals surface area contributed by atoms with E-state index >= 15 is 0 Å². The van der Waals surface area contributed by atoms with Crippen LogP contribution in [-0.4, -0.2) is 23.9 Å². The molecule has 0 heterocycles. The molecule has 0 saturated carbocycles. The molecule has 0 atom stereocenters. The Morgan fingerprint density at radius 2 is 1.09 bits per heavy atom. The Balaban J connectivity index is 2.80. The molecular formula is C18H20BrO2P. The molecule has 0 aliphatic rings. The number of ketones is 2. The topological polar surface area (TPSA) is 34.1 Å². The van der Waals surface area contributed by atoms with Crippen LogP contribution in [0.1, 0.15) is 13.8 Å². The molecule has 4 heteroatoms. The zero-order valence-electron chi connectivity index (χ0n) is 12.8. The Morgan fingerprint density at radius 1 is 0.773 bits per heavy atom. The molecule has 0 N–H and O–H groups in total. The van der Waals surface area contributed by atoms with Gasteiger partial charge in [0.25, 0.3) is 0 Å². The van der Waals surface area contributed by atoms with Crippen LogP contribution in [0, 0.1) is 0 Å². The Labute approximate surface area is 139 Å². The summed E-state index contributed by atoms with van der Waals surface area (Å²) in [5.74, 6) is 0.173. The SMILES string of the molecule is CC(=O)CP(Br)(CC(C)=O)(c1ccccc1)c1ccccc1. The molecule has 0 aliphatic heterocycles. The van der Waals surface area contributed by atoms with Gasteiger partial charge in [-0.25, -0.2) is 0 Å². The minimum atomic E-state index is -3.06. The van der Waals surface area contributed by atoms with Crippen molar-refractivity contribution in [2.45, 2.75) is 13.8 Å².